The van der Waals surface area contributed by atoms with Crippen LogP contribution in [0.3, 0.4) is 0 Å². The lowest BCUT2D eigenvalue weighted by Gasteiger charge is -2.07. The summed E-state index contributed by atoms with van der Waals surface area (Å²) in [5.74, 6) is 0.0714. The summed E-state index contributed by atoms with van der Waals surface area (Å²) < 4.78 is 37.9. The van der Waals surface area contributed by atoms with Gasteiger partial charge in [-0.15, -0.1) is 0 Å². The highest BCUT2D eigenvalue weighted by Gasteiger charge is 2.28. The number of sulfonamides is 1. The van der Waals surface area contributed by atoms with E-state index in [1.807, 2.05) is 0 Å². The molecule has 28 heavy (non-hydrogen) atoms. The molecule has 2 aromatic heterocycles. The van der Waals surface area contributed by atoms with E-state index in [0.717, 1.165) is 12.8 Å². The number of furan rings is 2. The van der Waals surface area contributed by atoms with Crippen LogP contribution >= 0.6 is 0 Å². The average Bonchev–Trinajstić information content (AvgIpc) is 3.14. The summed E-state index contributed by atoms with van der Waals surface area (Å²) in [6.07, 6.45) is 2.66. The summed E-state index contributed by atoms with van der Waals surface area (Å²) >= 11 is 0. The lowest BCUT2D eigenvalue weighted by atomic mass is 10.2. The van der Waals surface area contributed by atoms with Gasteiger partial charge in [-0.3, -0.25) is 4.79 Å². The first kappa shape index (κ1) is 18.7. The molecule has 1 atom stereocenters. The number of amides is 1. The van der Waals surface area contributed by atoms with Crippen molar-refractivity contribution < 1.29 is 27.2 Å². The lowest BCUT2D eigenvalue weighted by molar-refractivity contribution is 0.0911. The molecular weight excluding hydrogens is 384 g/mol. The summed E-state index contributed by atoms with van der Waals surface area (Å²) in [6, 6.07) is 9.34. The molecule has 4 rings (SSSR count). The second-order valence-corrected chi connectivity index (χ2v) is 8.50. The normalized spacial score (nSPS) is 15.6. The average molecular weight is 404 g/mol. The minimum atomic E-state index is -3.57. The van der Waals surface area contributed by atoms with Gasteiger partial charge in [0.15, 0.2) is 5.76 Å². The summed E-state index contributed by atoms with van der Waals surface area (Å²) in [6.45, 7) is 0.225. The van der Waals surface area contributed by atoms with Crippen LogP contribution < -0.4 is 10.0 Å². The molecule has 1 aromatic carbocycles. The Balaban J connectivity index is 1.41. The number of hydrogen-bond acceptors (Lipinski definition) is 6. The molecule has 1 aliphatic rings. The molecule has 1 amide bonds. The van der Waals surface area contributed by atoms with E-state index < -0.39 is 22.0 Å². The highest BCUT2D eigenvalue weighted by atomic mass is 32.2. The Morgan fingerprint density at radius 1 is 1.25 bits per heavy atom. The Bertz CT molecular complexity index is 1080. The summed E-state index contributed by atoms with van der Waals surface area (Å²) in [5, 5.41) is 13.1. The first-order valence-corrected chi connectivity index (χ1v) is 10.5. The fraction of sp³-hybridized carbons (Fsp3) is 0.316. The van der Waals surface area contributed by atoms with E-state index in [-0.39, 0.29) is 29.7 Å². The van der Waals surface area contributed by atoms with Crippen molar-refractivity contribution in [2.24, 2.45) is 0 Å². The number of carbonyl (C=O) groups is 1. The van der Waals surface area contributed by atoms with Crippen LogP contribution in [0.5, 0.6) is 0 Å². The van der Waals surface area contributed by atoms with Crippen molar-refractivity contribution in [1.29, 1.82) is 0 Å². The van der Waals surface area contributed by atoms with E-state index in [4.69, 9.17) is 8.83 Å². The molecule has 148 valence electrons. The topological polar surface area (TPSA) is 122 Å². The monoisotopic (exact) mass is 404 g/mol. The van der Waals surface area contributed by atoms with Crippen molar-refractivity contribution in [2.45, 2.75) is 36.3 Å². The zero-order valence-corrected chi connectivity index (χ0v) is 15.7. The summed E-state index contributed by atoms with van der Waals surface area (Å²) in [4.78, 5) is 12.4. The third kappa shape index (κ3) is 4.11. The summed E-state index contributed by atoms with van der Waals surface area (Å²) in [7, 11) is -3.57. The van der Waals surface area contributed by atoms with Crippen LogP contribution in [-0.4, -0.2) is 32.0 Å². The van der Waals surface area contributed by atoms with E-state index in [1.54, 1.807) is 12.1 Å². The van der Waals surface area contributed by atoms with Crippen molar-refractivity contribution >= 4 is 26.9 Å². The molecule has 1 saturated carbocycles. The van der Waals surface area contributed by atoms with Gasteiger partial charge in [0.05, 0.1) is 11.2 Å². The van der Waals surface area contributed by atoms with Crippen molar-refractivity contribution in [1.82, 2.24) is 10.0 Å². The molecule has 1 unspecified atom stereocenters. The highest BCUT2D eigenvalue weighted by molar-refractivity contribution is 7.89. The van der Waals surface area contributed by atoms with Gasteiger partial charge in [0, 0.05) is 18.0 Å². The van der Waals surface area contributed by atoms with Gasteiger partial charge < -0.3 is 19.3 Å². The Kier molecular flexibility index (Phi) is 4.96. The van der Waals surface area contributed by atoms with Crippen molar-refractivity contribution in [3.8, 4) is 0 Å². The first-order valence-electron chi connectivity index (χ1n) is 8.98. The van der Waals surface area contributed by atoms with Crippen molar-refractivity contribution in [3.05, 3.63) is 54.2 Å². The third-order valence-corrected chi connectivity index (χ3v) is 6.01. The van der Waals surface area contributed by atoms with Gasteiger partial charge in [0.25, 0.3) is 5.91 Å². The predicted octanol–water partition coefficient (Wildman–Crippen LogP) is 2.32. The molecule has 3 aromatic rings. The van der Waals surface area contributed by atoms with Gasteiger partial charge in [0.2, 0.25) is 10.0 Å². The molecule has 1 aliphatic carbocycles. The van der Waals surface area contributed by atoms with Crippen LogP contribution in [0, 0.1) is 0 Å². The van der Waals surface area contributed by atoms with Crippen LogP contribution in [0.1, 0.15) is 41.7 Å². The molecule has 0 radical (unpaired) electrons. The molecule has 8 nitrogen and oxygen atoms in total. The molecule has 1 fully saturated rings. The molecule has 9 heteroatoms. The van der Waals surface area contributed by atoms with Crippen LogP contribution in [0.2, 0.25) is 0 Å². The van der Waals surface area contributed by atoms with Crippen LogP contribution in [0.25, 0.3) is 11.0 Å². The van der Waals surface area contributed by atoms with E-state index in [9.17, 15) is 18.3 Å². The zero-order valence-electron chi connectivity index (χ0n) is 14.9. The van der Waals surface area contributed by atoms with Gasteiger partial charge in [-0.05, 0) is 55.7 Å². The van der Waals surface area contributed by atoms with Crippen LogP contribution in [0.15, 0.2) is 56.4 Å². The molecule has 0 spiro atoms. The van der Waals surface area contributed by atoms with Gasteiger partial charge in [-0.25, -0.2) is 13.1 Å². The fourth-order valence-electron chi connectivity index (χ4n) is 2.82. The number of hydrogen-bond donors (Lipinski definition) is 3. The number of benzene rings is 1. The van der Waals surface area contributed by atoms with E-state index in [1.165, 1.54) is 30.5 Å². The van der Waals surface area contributed by atoms with Gasteiger partial charge in [-0.1, -0.05) is 0 Å². The minimum absolute atomic E-state index is 0.0166. The van der Waals surface area contributed by atoms with E-state index >= 15 is 0 Å². The maximum atomic E-state index is 12.3. The van der Waals surface area contributed by atoms with Crippen molar-refractivity contribution in [3.63, 3.8) is 0 Å². The standard InChI is InChI=1S/C19H20N2O6S/c22-15(17-2-1-9-26-17)7-8-20-19(23)18-11-12-10-14(5-6-16(12)27-18)28(24,25)21-13-3-4-13/h1-2,5-6,9-11,13,15,21-22H,3-4,7-8H2,(H,20,23). The van der Waals surface area contributed by atoms with Gasteiger partial charge in [-0.2, -0.15) is 0 Å². The predicted molar refractivity (Wildman–Crippen MR) is 100 cm³/mol. The third-order valence-electron chi connectivity index (χ3n) is 4.50. The van der Waals surface area contributed by atoms with Gasteiger partial charge >= 0.3 is 0 Å². The second kappa shape index (κ2) is 7.42. The molecule has 0 saturated heterocycles. The number of aliphatic hydroxyl groups excluding tert-OH is 1. The number of nitrogens with one attached hydrogen (secondary N) is 2. The molecular formula is C19H20N2O6S. The Morgan fingerprint density at radius 3 is 2.79 bits per heavy atom. The SMILES string of the molecule is O=C(NCCC(O)c1ccco1)c1cc2cc(S(=O)(=O)NC3CC3)ccc2o1. The molecule has 0 aliphatic heterocycles. The Hall–Kier alpha value is -2.62. The quantitative estimate of drug-likeness (QED) is 0.530. The second-order valence-electron chi connectivity index (χ2n) is 6.78. The van der Waals surface area contributed by atoms with E-state index in [0.29, 0.717) is 16.7 Å². The number of rotatable bonds is 8. The maximum Gasteiger partial charge on any atom is 0.287 e. The number of carbonyl (C=O) groups excluding carboxylic acids is 1. The summed E-state index contributed by atoms with van der Waals surface area (Å²) in [5.41, 5.74) is 0.422. The first-order chi connectivity index (χ1) is 13.4. The number of aliphatic hydroxyl groups is 1. The lowest BCUT2D eigenvalue weighted by Crippen LogP contribution is -2.25. The zero-order chi connectivity index (χ0) is 19.7. The maximum absolute atomic E-state index is 12.3. The van der Waals surface area contributed by atoms with Crippen LogP contribution in [0.4, 0.5) is 0 Å². The van der Waals surface area contributed by atoms with E-state index in [2.05, 4.69) is 10.0 Å². The van der Waals surface area contributed by atoms with Crippen molar-refractivity contribution in [2.75, 3.05) is 6.54 Å². The smallest absolute Gasteiger partial charge is 0.287 e. The largest absolute Gasteiger partial charge is 0.467 e. The Morgan fingerprint density at radius 2 is 2.07 bits per heavy atom. The molecule has 3 N–H and O–H groups in total. The minimum Gasteiger partial charge on any atom is -0.467 e. The molecule has 0 bridgehead atoms. The van der Waals surface area contributed by atoms with Gasteiger partial charge in [0.1, 0.15) is 17.4 Å². The van der Waals surface area contributed by atoms with Crippen LogP contribution in [-0.2, 0) is 10.0 Å². The molecule has 2 heterocycles. The number of fused-ring (bicyclic) bond motifs is 1. The highest BCUT2D eigenvalue weighted by Crippen LogP contribution is 2.26. The Labute approximate surface area is 161 Å². The fourth-order valence-corrected chi connectivity index (χ4v) is 4.16.